The predicted molar refractivity (Wildman–Crippen MR) is 84.6 cm³/mol. The van der Waals surface area contributed by atoms with Crippen LogP contribution in [-0.2, 0) is 9.59 Å². The van der Waals surface area contributed by atoms with Crippen molar-refractivity contribution in [3.05, 3.63) is 0 Å². The van der Waals surface area contributed by atoms with Gasteiger partial charge in [-0.15, -0.1) is 0 Å². The summed E-state index contributed by atoms with van der Waals surface area (Å²) in [5, 5.41) is 104. The van der Waals surface area contributed by atoms with E-state index in [-0.39, 0.29) is 51.4 Å². The Morgan fingerprint density at radius 3 is 0.926 bits per heavy atom. The standard InChI is InChI=1S/2C6H12O7.K.H/c2*7-1-2(8)3(9)4(10)5(11)6(12)13;;/h2*2-5,7-11H,1H2,(H,12,13);;/t2*2-,3-,4+,5-;;/m11../s1. The van der Waals surface area contributed by atoms with E-state index in [1.165, 1.54) is 0 Å². The first kappa shape index (κ1) is 31.9. The van der Waals surface area contributed by atoms with Gasteiger partial charge in [0, 0.05) is 0 Å². The molecule has 0 heterocycles. The summed E-state index contributed by atoms with van der Waals surface area (Å²) in [6.45, 7) is -1.69. The summed E-state index contributed by atoms with van der Waals surface area (Å²) in [6.07, 6.45) is -15.7. The summed E-state index contributed by atoms with van der Waals surface area (Å²) >= 11 is 0. The van der Waals surface area contributed by atoms with Gasteiger partial charge >= 0.3 is 63.3 Å². The van der Waals surface area contributed by atoms with Crippen molar-refractivity contribution in [1.29, 1.82) is 0 Å². The molecule has 0 aromatic heterocycles. The van der Waals surface area contributed by atoms with Gasteiger partial charge in [-0.3, -0.25) is 0 Å². The van der Waals surface area contributed by atoms with E-state index < -0.39 is 74.0 Å². The molecule has 0 aromatic rings. The molecule has 27 heavy (non-hydrogen) atoms. The zero-order chi connectivity index (χ0) is 21.2. The third kappa shape index (κ3) is 11.7. The number of aliphatic carboxylic acids is 2. The second-order valence-corrected chi connectivity index (χ2v) is 5.03. The van der Waals surface area contributed by atoms with E-state index >= 15 is 0 Å². The zero-order valence-corrected chi connectivity index (χ0v) is 13.2. The number of hydrogen-bond acceptors (Lipinski definition) is 12. The average molecular weight is 432 g/mol. The molecule has 0 saturated heterocycles. The molecule has 0 saturated carbocycles. The van der Waals surface area contributed by atoms with Crippen molar-refractivity contribution in [3.8, 4) is 0 Å². The van der Waals surface area contributed by atoms with Crippen molar-refractivity contribution in [2.75, 3.05) is 13.2 Å². The van der Waals surface area contributed by atoms with Crippen LogP contribution in [-0.4, -0.2) is 187 Å². The Morgan fingerprint density at radius 2 is 0.778 bits per heavy atom. The molecule has 12 N–H and O–H groups in total. The SMILES string of the molecule is O=C(O)[C@H](O)[C@@H](O)[C@H](O)[C@H](O)CO.O=C(O)[C@H](O)[C@@H](O)[C@H](O)[C@H](O)CO.[KH]. The molecule has 0 spiro atoms. The van der Waals surface area contributed by atoms with Crippen molar-refractivity contribution in [1.82, 2.24) is 0 Å². The molecule has 8 atom stereocenters. The van der Waals surface area contributed by atoms with Crippen LogP contribution in [0, 0.1) is 0 Å². The predicted octanol–water partition coefficient (Wildman–Crippen LogP) is -7.63. The van der Waals surface area contributed by atoms with Crippen molar-refractivity contribution in [2.24, 2.45) is 0 Å². The molecule has 0 fully saturated rings. The molecule has 0 radical (unpaired) electrons. The van der Waals surface area contributed by atoms with Gasteiger partial charge in [0.15, 0.2) is 12.2 Å². The third-order valence-corrected chi connectivity index (χ3v) is 3.02. The van der Waals surface area contributed by atoms with Crippen molar-refractivity contribution >= 4 is 63.3 Å². The molecule has 14 nitrogen and oxygen atoms in total. The van der Waals surface area contributed by atoms with E-state index in [1.54, 1.807) is 0 Å². The molecule has 0 aromatic carbocycles. The Morgan fingerprint density at radius 1 is 0.556 bits per heavy atom. The monoisotopic (exact) mass is 432 g/mol. The number of rotatable bonds is 10. The Balaban J connectivity index is -0.000000411. The van der Waals surface area contributed by atoms with E-state index in [0.717, 1.165) is 0 Å². The van der Waals surface area contributed by atoms with Crippen molar-refractivity contribution in [3.63, 3.8) is 0 Å². The summed E-state index contributed by atoms with van der Waals surface area (Å²) < 4.78 is 0. The fourth-order valence-electron chi connectivity index (χ4n) is 1.34. The first-order valence-corrected chi connectivity index (χ1v) is 6.95. The van der Waals surface area contributed by atoms with Crippen LogP contribution in [0.5, 0.6) is 0 Å². The Labute approximate surface area is 195 Å². The van der Waals surface area contributed by atoms with Gasteiger partial charge in [0.25, 0.3) is 0 Å². The fraction of sp³-hybridized carbons (Fsp3) is 0.833. The Hall–Kier alpha value is 0.176. The van der Waals surface area contributed by atoms with Crippen LogP contribution in [0.1, 0.15) is 0 Å². The van der Waals surface area contributed by atoms with Crippen LogP contribution < -0.4 is 0 Å². The van der Waals surface area contributed by atoms with E-state index in [2.05, 4.69) is 0 Å². The molecule has 15 heteroatoms. The summed E-state index contributed by atoms with van der Waals surface area (Å²) in [7, 11) is 0. The summed E-state index contributed by atoms with van der Waals surface area (Å²) in [5.41, 5.74) is 0. The Kier molecular flexibility index (Phi) is 18.9. The van der Waals surface area contributed by atoms with E-state index in [9.17, 15) is 9.59 Å². The quantitative estimate of drug-likeness (QED) is 0.143. The van der Waals surface area contributed by atoms with Gasteiger partial charge in [0.05, 0.1) is 13.2 Å². The van der Waals surface area contributed by atoms with E-state index in [4.69, 9.17) is 61.3 Å². The molecular weight excluding hydrogens is 407 g/mol. The number of carboxylic acid groups (broad SMARTS) is 2. The minimum atomic E-state index is -2.20. The second kappa shape index (κ2) is 16.0. The average Bonchev–Trinajstić information content (AvgIpc) is 2.62. The van der Waals surface area contributed by atoms with Gasteiger partial charge in [0.2, 0.25) is 0 Å². The van der Waals surface area contributed by atoms with Crippen LogP contribution in [0.2, 0.25) is 0 Å². The molecule has 0 bridgehead atoms. The molecule has 0 aliphatic carbocycles. The summed E-state index contributed by atoms with van der Waals surface area (Å²) in [6, 6.07) is 0. The molecule has 158 valence electrons. The Bertz CT molecular complexity index is 385. The number of aliphatic hydroxyl groups is 10. The first-order valence-electron chi connectivity index (χ1n) is 6.95. The molecule has 0 unspecified atom stereocenters. The summed E-state index contributed by atoms with van der Waals surface area (Å²) in [5.74, 6) is -3.45. The van der Waals surface area contributed by atoms with Gasteiger partial charge in [-0.05, 0) is 0 Å². The number of hydrogen-bond donors (Lipinski definition) is 12. The topological polar surface area (TPSA) is 277 Å². The minimum absolute atomic E-state index is 0. The maximum atomic E-state index is 10.1. The van der Waals surface area contributed by atoms with Gasteiger partial charge < -0.3 is 61.3 Å². The van der Waals surface area contributed by atoms with Gasteiger partial charge in [-0.25, -0.2) is 9.59 Å². The van der Waals surface area contributed by atoms with Crippen LogP contribution in [0.15, 0.2) is 0 Å². The van der Waals surface area contributed by atoms with Gasteiger partial charge in [0.1, 0.15) is 36.6 Å². The van der Waals surface area contributed by atoms with Crippen molar-refractivity contribution < 1.29 is 70.9 Å². The van der Waals surface area contributed by atoms with E-state index in [0.29, 0.717) is 0 Å². The molecular formula is C12H25KO14. The van der Waals surface area contributed by atoms with E-state index in [1.807, 2.05) is 0 Å². The van der Waals surface area contributed by atoms with Crippen LogP contribution >= 0.6 is 0 Å². The maximum absolute atomic E-state index is 10.1. The molecule has 0 aliphatic rings. The fourth-order valence-corrected chi connectivity index (χ4v) is 1.34. The first-order chi connectivity index (χ1) is 11.8. The number of carbonyl (C=O) groups is 2. The van der Waals surface area contributed by atoms with Gasteiger partial charge in [-0.1, -0.05) is 0 Å². The molecule has 0 aliphatic heterocycles. The third-order valence-electron chi connectivity index (χ3n) is 3.02. The molecule has 0 rings (SSSR count). The van der Waals surface area contributed by atoms with Crippen molar-refractivity contribution in [2.45, 2.75) is 48.8 Å². The van der Waals surface area contributed by atoms with Gasteiger partial charge in [-0.2, -0.15) is 0 Å². The zero-order valence-electron chi connectivity index (χ0n) is 13.2. The number of carboxylic acids is 2. The van der Waals surface area contributed by atoms with Crippen LogP contribution in [0.25, 0.3) is 0 Å². The molecule has 0 amide bonds. The van der Waals surface area contributed by atoms with Crippen LogP contribution in [0.4, 0.5) is 0 Å². The number of aliphatic hydroxyl groups excluding tert-OH is 10. The second-order valence-electron chi connectivity index (χ2n) is 5.03. The normalized spacial score (nSPS) is 19.6. The summed E-state index contributed by atoms with van der Waals surface area (Å²) in [4.78, 5) is 20.2. The van der Waals surface area contributed by atoms with Crippen LogP contribution in [0.3, 0.4) is 0 Å².